The molecule has 0 amide bonds. The van der Waals surface area contributed by atoms with Crippen LogP contribution >= 0.6 is 0 Å². The van der Waals surface area contributed by atoms with Crippen LogP contribution in [0, 0.1) is 5.92 Å². The number of rotatable bonds is 8. The monoisotopic (exact) mass is 268 g/mol. The van der Waals surface area contributed by atoms with E-state index in [0.29, 0.717) is 0 Å². The van der Waals surface area contributed by atoms with Gasteiger partial charge in [0.1, 0.15) is 0 Å². The van der Waals surface area contributed by atoms with Gasteiger partial charge < -0.3 is 5.32 Å². The van der Waals surface area contributed by atoms with Crippen LogP contribution in [0.15, 0.2) is 0 Å². The molecule has 1 N–H and O–H groups in total. The number of nitrogens with zero attached hydrogens (tertiary/aromatic N) is 1. The first-order valence-corrected chi connectivity index (χ1v) is 8.61. The van der Waals surface area contributed by atoms with E-state index in [2.05, 4.69) is 44.8 Å². The predicted molar refractivity (Wildman–Crippen MR) is 85.6 cm³/mol. The molecular formula is C17H36N2. The lowest BCUT2D eigenvalue weighted by Gasteiger charge is -2.42. The first-order valence-electron chi connectivity index (χ1n) is 8.61. The van der Waals surface area contributed by atoms with Crippen LogP contribution in [-0.4, -0.2) is 36.1 Å². The van der Waals surface area contributed by atoms with Crippen LogP contribution in [0.5, 0.6) is 0 Å². The standard InChI is InChI=1S/C17H36N2/c1-6-16(7-2)19(13-14(4)5)17-11-9-10-15(12-17)18-8-3/h14-18H,6-13H2,1-5H3. The quantitative estimate of drug-likeness (QED) is 0.714. The molecule has 1 fully saturated rings. The minimum Gasteiger partial charge on any atom is -0.314 e. The van der Waals surface area contributed by atoms with Gasteiger partial charge in [-0.2, -0.15) is 0 Å². The van der Waals surface area contributed by atoms with E-state index in [1.807, 2.05) is 0 Å². The van der Waals surface area contributed by atoms with E-state index < -0.39 is 0 Å². The van der Waals surface area contributed by atoms with Gasteiger partial charge in [-0.05, 0) is 44.6 Å². The fourth-order valence-corrected chi connectivity index (χ4v) is 3.71. The summed E-state index contributed by atoms with van der Waals surface area (Å²) < 4.78 is 0. The van der Waals surface area contributed by atoms with Crippen LogP contribution in [-0.2, 0) is 0 Å². The van der Waals surface area contributed by atoms with Crippen LogP contribution in [0.3, 0.4) is 0 Å². The fraction of sp³-hybridized carbons (Fsp3) is 1.00. The van der Waals surface area contributed by atoms with Gasteiger partial charge in [0.2, 0.25) is 0 Å². The largest absolute Gasteiger partial charge is 0.314 e. The second kappa shape index (κ2) is 8.97. The maximum Gasteiger partial charge on any atom is 0.0113 e. The third-order valence-electron chi connectivity index (χ3n) is 4.60. The minimum absolute atomic E-state index is 0.757. The molecule has 0 aromatic heterocycles. The van der Waals surface area contributed by atoms with Gasteiger partial charge in [-0.3, -0.25) is 4.90 Å². The Balaban J connectivity index is 2.66. The maximum absolute atomic E-state index is 3.67. The van der Waals surface area contributed by atoms with E-state index in [1.165, 1.54) is 45.1 Å². The van der Waals surface area contributed by atoms with E-state index in [1.54, 1.807) is 0 Å². The maximum atomic E-state index is 3.67. The van der Waals surface area contributed by atoms with Gasteiger partial charge in [0.25, 0.3) is 0 Å². The highest BCUT2D eigenvalue weighted by Gasteiger charge is 2.29. The summed E-state index contributed by atoms with van der Waals surface area (Å²) in [5, 5.41) is 3.67. The average molecular weight is 268 g/mol. The molecule has 2 atom stereocenters. The average Bonchev–Trinajstić information content (AvgIpc) is 2.39. The molecule has 1 aliphatic carbocycles. The summed E-state index contributed by atoms with van der Waals surface area (Å²) >= 11 is 0. The Morgan fingerprint density at radius 1 is 1.11 bits per heavy atom. The second-order valence-corrected chi connectivity index (χ2v) is 6.64. The van der Waals surface area contributed by atoms with Gasteiger partial charge in [0.15, 0.2) is 0 Å². The van der Waals surface area contributed by atoms with Gasteiger partial charge in [-0.1, -0.05) is 41.0 Å². The van der Waals surface area contributed by atoms with Gasteiger partial charge in [0, 0.05) is 24.7 Å². The molecule has 0 aromatic rings. The fourth-order valence-electron chi connectivity index (χ4n) is 3.71. The van der Waals surface area contributed by atoms with Crippen LogP contribution in [0.25, 0.3) is 0 Å². The molecule has 1 rings (SSSR count). The molecule has 0 radical (unpaired) electrons. The lowest BCUT2D eigenvalue weighted by atomic mass is 9.88. The zero-order valence-electron chi connectivity index (χ0n) is 13.9. The Morgan fingerprint density at radius 3 is 2.32 bits per heavy atom. The van der Waals surface area contributed by atoms with Gasteiger partial charge in [0.05, 0.1) is 0 Å². The Hall–Kier alpha value is -0.0800. The highest BCUT2D eigenvalue weighted by Crippen LogP contribution is 2.27. The summed E-state index contributed by atoms with van der Waals surface area (Å²) in [5.41, 5.74) is 0. The Labute approximate surface area is 121 Å². The summed E-state index contributed by atoms with van der Waals surface area (Å²) in [6.07, 6.45) is 8.14. The summed E-state index contributed by atoms with van der Waals surface area (Å²) in [4.78, 5) is 2.84. The van der Waals surface area contributed by atoms with Crippen molar-refractivity contribution in [2.24, 2.45) is 5.92 Å². The van der Waals surface area contributed by atoms with E-state index in [0.717, 1.165) is 30.6 Å². The smallest absolute Gasteiger partial charge is 0.0113 e. The molecule has 2 heteroatoms. The van der Waals surface area contributed by atoms with Gasteiger partial charge in [-0.25, -0.2) is 0 Å². The lowest BCUT2D eigenvalue weighted by Crippen LogP contribution is -2.49. The molecule has 0 bridgehead atoms. The van der Waals surface area contributed by atoms with E-state index in [9.17, 15) is 0 Å². The second-order valence-electron chi connectivity index (χ2n) is 6.64. The number of hydrogen-bond acceptors (Lipinski definition) is 2. The van der Waals surface area contributed by atoms with Crippen molar-refractivity contribution in [1.29, 1.82) is 0 Å². The van der Waals surface area contributed by atoms with Crippen LogP contribution in [0.4, 0.5) is 0 Å². The van der Waals surface area contributed by atoms with Crippen molar-refractivity contribution in [3.8, 4) is 0 Å². The molecule has 0 spiro atoms. The Morgan fingerprint density at radius 2 is 1.79 bits per heavy atom. The molecule has 0 saturated heterocycles. The first-order chi connectivity index (χ1) is 9.12. The summed E-state index contributed by atoms with van der Waals surface area (Å²) in [5.74, 6) is 0.778. The lowest BCUT2D eigenvalue weighted by molar-refractivity contribution is 0.0754. The van der Waals surface area contributed by atoms with Gasteiger partial charge in [-0.15, -0.1) is 0 Å². The SMILES string of the molecule is CCNC1CCCC(N(CC(C)C)C(CC)CC)C1. The number of hydrogen-bond donors (Lipinski definition) is 1. The van der Waals surface area contributed by atoms with E-state index in [-0.39, 0.29) is 0 Å². The summed E-state index contributed by atoms with van der Waals surface area (Å²) in [6.45, 7) is 14.1. The molecule has 0 heterocycles. The molecule has 1 aliphatic rings. The predicted octanol–water partition coefficient (Wildman–Crippen LogP) is 4.05. The zero-order valence-corrected chi connectivity index (χ0v) is 13.9. The molecule has 1 saturated carbocycles. The molecule has 19 heavy (non-hydrogen) atoms. The van der Waals surface area contributed by atoms with Crippen LogP contribution < -0.4 is 5.32 Å². The molecule has 2 nitrogen and oxygen atoms in total. The van der Waals surface area contributed by atoms with E-state index >= 15 is 0 Å². The first kappa shape index (κ1) is 17.0. The van der Waals surface area contributed by atoms with Crippen LogP contribution in [0.2, 0.25) is 0 Å². The van der Waals surface area contributed by atoms with Crippen LogP contribution in [0.1, 0.15) is 73.1 Å². The Bertz CT molecular complexity index is 221. The minimum atomic E-state index is 0.757. The molecule has 0 aliphatic heterocycles. The molecule has 114 valence electrons. The highest BCUT2D eigenvalue weighted by atomic mass is 15.2. The van der Waals surface area contributed by atoms with Crippen molar-refractivity contribution in [2.45, 2.75) is 91.3 Å². The molecule has 0 aromatic carbocycles. The third-order valence-corrected chi connectivity index (χ3v) is 4.60. The third kappa shape index (κ3) is 5.43. The van der Waals surface area contributed by atoms with Crippen molar-refractivity contribution < 1.29 is 0 Å². The van der Waals surface area contributed by atoms with Crippen molar-refractivity contribution in [1.82, 2.24) is 10.2 Å². The number of nitrogens with one attached hydrogen (secondary N) is 1. The molecular weight excluding hydrogens is 232 g/mol. The highest BCUT2D eigenvalue weighted by molar-refractivity contribution is 4.87. The van der Waals surface area contributed by atoms with Crippen molar-refractivity contribution >= 4 is 0 Å². The van der Waals surface area contributed by atoms with Crippen molar-refractivity contribution in [2.75, 3.05) is 13.1 Å². The van der Waals surface area contributed by atoms with Crippen molar-refractivity contribution in [3.63, 3.8) is 0 Å². The van der Waals surface area contributed by atoms with Gasteiger partial charge >= 0.3 is 0 Å². The zero-order chi connectivity index (χ0) is 14.3. The summed E-state index contributed by atoms with van der Waals surface area (Å²) in [6, 6.07) is 2.35. The molecule has 2 unspecified atom stereocenters. The van der Waals surface area contributed by atoms with E-state index in [4.69, 9.17) is 0 Å². The summed E-state index contributed by atoms with van der Waals surface area (Å²) in [7, 11) is 0. The Kier molecular flexibility index (Phi) is 8.01. The normalized spacial score (nSPS) is 24.6. The van der Waals surface area contributed by atoms with Crippen molar-refractivity contribution in [3.05, 3.63) is 0 Å². The topological polar surface area (TPSA) is 15.3 Å².